The molecular formula is C21H27N7O2S. The smallest absolute Gasteiger partial charge is 0.177 e. The molecule has 5 rings (SSSR count). The van der Waals surface area contributed by atoms with Crippen LogP contribution in [0.15, 0.2) is 18.2 Å². The van der Waals surface area contributed by atoms with Crippen molar-refractivity contribution in [3.63, 3.8) is 0 Å². The van der Waals surface area contributed by atoms with Crippen LogP contribution in [0, 0.1) is 0 Å². The monoisotopic (exact) mass is 441 g/mol. The number of piperidine rings is 1. The van der Waals surface area contributed by atoms with Gasteiger partial charge in [-0.15, -0.1) is 15.3 Å². The Morgan fingerprint density at radius 2 is 1.81 bits per heavy atom. The zero-order valence-corrected chi connectivity index (χ0v) is 18.9. The first-order valence-electron chi connectivity index (χ1n) is 10.7. The highest BCUT2D eigenvalue weighted by Gasteiger charge is 2.28. The highest BCUT2D eigenvalue weighted by Crippen LogP contribution is 2.30. The molecule has 3 aromatic rings. The topological polar surface area (TPSA) is 106 Å². The molecule has 0 saturated carbocycles. The van der Waals surface area contributed by atoms with Crippen LogP contribution in [0.25, 0.3) is 5.65 Å². The highest BCUT2D eigenvalue weighted by atomic mass is 32.2. The van der Waals surface area contributed by atoms with Gasteiger partial charge in [0, 0.05) is 30.8 Å². The van der Waals surface area contributed by atoms with Gasteiger partial charge in [0.2, 0.25) is 0 Å². The van der Waals surface area contributed by atoms with E-state index in [1.54, 1.807) is 0 Å². The van der Waals surface area contributed by atoms with Crippen molar-refractivity contribution in [3.8, 4) is 0 Å². The summed E-state index contributed by atoms with van der Waals surface area (Å²) in [5, 5.41) is 22.3. The van der Waals surface area contributed by atoms with Crippen LogP contribution in [0.3, 0.4) is 0 Å². The maximum absolute atomic E-state index is 12.0. The van der Waals surface area contributed by atoms with Crippen molar-refractivity contribution in [2.75, 3.05) is 23.7 Å². The third kappa shape index (κ3) is 3.88. The van der Waals surface area contributed by atoms with Crippen molar-refractivity contribution in [2.45, 2.75) is 57.1 Å². The standard InChI is InChI=1S/C21H27N7O2S/c1-21(2,3)17-4-5-18-23-25-20(28(18)26-17)14-6-9-27(10-7-14)19-12-15-13-31(29,30)11-8-16(15)22-24-19/h4-5,12,14H,6-11,13H2,1-3H3. The third-order valence-corrected chi connectivity index (χ3v) is 7.79. The van der Waals surface area contributed by atoms with Gasteiger partial charge in [0.25, 0.3) is 0 Å². The molecule has 31 heavy (non-hydrogen) atoms. The Labute approximate surface area is 181 Å². The number of anilines is 1. The van der Waals surface area contributed by atoms with Crippen LogP contribution in [-0.4, -0.2) is 57.3 Å². The number of sulfone groups is 1. The van der Waals surface area contributed by atoms with Crippen LogP contribution in [0.2, 0.25) is 0 Å². The largest absolute Gasteiger partial charge is 0.355 e. The summed E-state index contributed by atoms with van der Waals surface area (Å²) in [6.45, 7) is 8.05. The van der Waals surface area contributed by atoms with Crippen molar-refractivity contribution in [3.05, 3.63) is 41.0 Å². The Balaban J connectivity index is 1.34. The van der Waals surface area contributed by atoms with Gasteiger partial charge in [0.15, 0.2) is 27.1 Å². The molecule has 1 saturated heterocycles. The van der Waals surface area contributed by atoms with E-state index in [0.29, 0.717) is 6.42 Å². The fourth-order valence-corrected chi connectivity index (χ4v) is 5.69. The molecule has 0 atom stereocenters. The van der Waals surface area contributed by atoms with E-state index in [4.69, 9.17) is 5.10 Å². The minimum atomic E-state index is -3.03. The average molecular weight is 442 g/mol. The number of hydrogen-bond acceptors (Lipinski definition) is 8. The zero-order chi connectivity index (χ0) is 21.8. The molecule has 5 heterocycles. The third-order valence-electron chi connectivity index (χ3n) is 6.21. The van der Waals surface area contributed by atoms with Crippen molar-refractivity contribution in [1.29, 1.82) is 0 Å². The Kier molecular flexibility index (Phi) is 4.72. The van der Waals surface area contributed by atoms with Crippen LogP contribution in [-0.2, 0) is 27.4 Å². The lowest BCUT2D eigenvalue weighted by Gasteiger charge is -2.32. The van der Waals surface area contributed by atoms with Crippen molar-refractivity contribution < 1.29 is 8.42 Å². The van der Waals surface area contributed by atoms with Gasteiger partial charge < -0.3 is 4.90 Å². The highest BCUT2D eigenvalue weighted by molar-refractivity contribution is 7.90. The summed E-state index contributed by atoms with van der Waals surface area (Å²) in [7, 11) is -3.03. The second kappa shape index (κ2) is 7.22. The number of rotatable bonds is 2. The molecule has 0 aromatic carbocycles. The molecule has 0 unspecified atom stereocenters. The van der Waals surface area contributed by atoms with Gasteiger partial charge in [-0.25, -0.2) is 8.42 Å². The number of aryl methyl sites for hydroxylation is 1. The summed E-state index contributed by atoms with van der Waals surface area (Å²) in [5.74, 6) is 2.16. The quantitative estimate of drug-likeness (QED) is 0.595. The van der Waals surface area contributed by atoms with Crippen molar-refractivity contribution in [2.24, 2.45) is 0 Å². The molecule has 2 aliphatic heterocycles. The van der Waals surface area contributed by atoms with E-state index in [-0.39, 0.29) is 22.8 Å². The van der Waals surface area contributed by atoms with E-state index in [1.165, 1.54) is 0 Å². The Morgan fingerprint density at radius 3 is 2.55 bits per heavy atom. The molecule has 0 aliphatic carbocycles. The molecule has 3 aromatic heterocycles. The SMILES string of the molecule is CC(C)(C)c1ccc2nnc(C3CCN(c4cc5c(nn4)CCS(=O)(=O)C5)CC3)n2n1. The van der Waals surface area contributed by atoms with Crippen molar-refractivity contribution >= 4 is 21.3 Å². The average Bonchev–Trinajstić information content (AvgIpc) is 3.15. The van der Waals surface area contributed by atoms with Crippen LogP contribution >= 0.6 is 0 Å². The molecule has 2 aliphatic rings. The predicted molar refractivity (Wildman–Crippen MR) is 117 cm³/mol. The Bertz CT molecular complexity index is 1240. The first kappa shape index (κ1) is 20.3. The molecule has 1 fully saturated rings. The first-order chi connectivity index (χ1) is 14.7. The minimum absolute atomic E-state index is 0.0440. The zero-order valence-electron chi connectivity index (χ0n) is 18.1. The molecule has 164 valence electrons. The number of hydrogen-bond donors (Lipinski definition) is 0. The molecular weight excluding hydrogens is 414 g/mol. The summed E-state index contributed by atoms with van der Waals surface area (Å²) >= 11 is 0. The normalized spacial score (nSPS) is 19.5. The first-order valence-corrected chi connectivity index (χ1v) is 12.6. The summed E-state index contributed by atoms with van der Waals surface area (Å²) in [6, 6.07) is 5.91. The molecule has 0 bridgehead atoms. The molecule has 10 heteroatoms. The van der Waals surface area contributed by atoms with Crippen molar-refractivity contribution in [1.82, 2.24) is 30.0 Å². The lowest BCUT2D eigenvalue weighted by molar-refractivity contribution is 0.469. The summed E-state index contributed by atoms with van der Waals surface area (Å²) in [4.78, 5) is 2.18. The van der Waals surface area contributed by atoms with Gasteiger partial charge in [-0.05, 0) is 36.6 Å². The minimum Gasteiger partial charge on any atom is -0.355 e. The van der Waals surface area contributed by atoms with Gasteiger partial charge in [0.1, 0.15) is 0 Å². The van der Waals surface area contributed by atoms with Gasteiger partial charge in [-0.3, -0.25) is 0 Å². The summed E-state index contributed by atoms with van der Waals surface area (Å²) in [6.07, 6.45) is 2.26. The van der Waals surface area contributed by atoms with Crippen LogP contribution < -0.4 is 4.90 Å². The predicted octanol–water partition coefficient (Wildman–Crippen LogP) is 2.07. The van der Waals surface area contributed by atoms with E-state index < -0.39 is 9.84 Å². The van der Waals surface area contributed by atoms with E-state index in [2.05, 4.69) is 46.1 Å². The maximum atomic E-state index is 12.0. The summed E-state index contributed by atoms with van der Waals surface area (Å²) < 4.78 is 25.9. The molecule has 0 amide bonds. The molecule has 9 nitrogen and oxygen atoms in total. The van der Waals surface area contributed by atoms with Gasteiger partial charge in [0.05, 0.1) is 22.9 Å². The lowest BCUT2D eigenvalue weighted by atomic mass is 9.92. The van der Waals surface area contributed by atoms with Crippen LogP contribution in [0.5, 0.6) is 0 Å². The van der Waals surface area contributed by atoms with E-state index in [9.17, 15) is 8.42 Å². The van der Waals surface area contributed by atoms with Crippen LogP contribution in [0.4, 0.5) is 5.82 Å². The molecule has 0 N–H and O–H groups in total. The number of nitrogens with zero attached hydrogens (tertiary/aromatic N) is 7. The fourth-order valence-electron chi connectivity index (χ4n) is 4.32. The van der Waals surface area contributed by atoms with Gasteiger partial charge in [-0.2, -0.15) is 14.7 Å². The molecule has 0 spiro atoms. The second-order valence-corrected chi connectivity index (χ2v) is 11.8. The van der Waals surface area contributed by atoms with Gasteiger partial charge >= 0.3 is 0 Å². The number of fused-ring (bicyclic) bond motifs is 2. The van der Waals surface area contributed by atoms with Crippen LogP contribution in [0.1, 0.15) is 62.3 Å². The lowest BCUT2D eigenvalue weighted by Crippen LogP contribution is -2.35. The fraction of sp³-hybridized carbons (Fsp3) is 0.571. The Hall–Kier alpha value is -2.62. The Morgan fingerprint density at radius 1 is 1.03 bits per heavy atom. The van der Waals surface area contributed by atoms with Gasteiger partial charge in [-0.1, -0.05) is 20.8 Å². The van der Waals surface area contributed by atoms with E-state index in [0.717, 1.165) is 60.2 Å². The maximum Gasteiger partial charge on any atom is 0.177 e. The van der Waals surface area contributed by atoms with E-state index >= 15 is 0 Å². The summed E-state index contributed by atoms with van der Waals surface area (Å²) in [5.41, 5.74) is 3.34. The van der Waals surface area contributed by atoms with E-state index in [1.807, 2.05) is 22.7 Å². The molecule has 0 radical (unpaired) electrons. The second-order valence-electron chi connectivity index (χ2n) is 9.57. The number of aromatic nitrogens is 6.